The summed E-state index contributed by atoms with van der Waals surface area (Å²) in [6, 6.07) is 3.76. The van der Waals surface area contributed by atoms with E-state index in [4.69, 9.17) is 0 Å². The molecule has 0 bridgehead atoms. The van der Waals surface area contributed by atoms with Crippen molar-refractivity contribution in [3.63, 3.8) is 0 Å². The van der Waals surface area contributed by atoms with Crippen molar-refractivity contribution in [3.05, 3.63) is 24.5 Å². The van der Waals surface area contributed by atoms with E-state index in [9.17, 15) is 5.11 Å². The smallest absolute Gasteiger partial charge is 0.157 e. The molecule has 20 heavy (non-hydrogen) atoms. The standard InChI is InChI=1S/C15H22N4O/c1-2-12-3-7-15(20,8-4-12)11-16-13-6-10-19-14(18-13)5-9-17-19/h5-6,9-10,12,20H,2-4,7-8,11H2,1H3,(H,16,18). The van der Waals surface area contributed by atoms with Crippen LogP contribution >= 0.6 is 0 Å². The fourth-order valence-electron chi connectivity index (χ4n) is 2.97. The van der Waals surface area contributed by atoms with Crippen molar-refractivity contribution < 1.29 is 5.11 Å². The molecule has 5 nitrogen and oxygen atoms in total. The fourth-order valence-corrected chi connectivity index (χ4v) is 2.97. The summed E-state index contributed by atoms with van der Waals surface area (Å²) in [4.78, 5) is 4.46. The number of anilines is 1. The Kier molecular flexibility index (Phi) is 3.61. The average molecular weight is 274 g/mol. The van der Waals surface area contributed by atoms with Crippen LogP contribution in [0.4, 0.5) is 5.82 Å². The molecule has 5 heteroatoms. The van der Waals surface area contributed by atoms with Gasteiger partial charge in [-0.3, -0.25) is 0 Å². The number of fused-ring (bicyclic) bond motifs is 1. The van der Waals surface area contributed by atoms with E-state index in [0.717, 1.165) is 43.1 Å². The normalized spacial score (nSPS) is 26.8. The van der Waals surface area contributed by atoms with Gasteiger partial charge in [0.2, 0.25) is 0 Å². The molecule has 1 saturated carbocycles. The second-order valence-electron chi connectivity index (χ2n) is 5.88. The predicted octanol–water partition coefficient (Wildman–Crippen LogP) is 2.47. The van der Waals surface area contributed by atoms with E-state index < -0.39 is 5.60 Å². The first kappa shape index (κ1) is 13.4. The molecule has 0 atom stereocenters. The van der Waals surface area contributed by atoms with Gasteiger partial charge in [0.05, 0.1) is 11.8 Å². The summed E-state index contributed by atoms with van der Waals surface area (Å²) in [5, 5.41) is 18.0. The van der Waals surface area contributed by atoms with Gasteiger partial charge < -0.3 is 10.4 Å². The number of nitrogens with one attached hydrogen (secondary N) is 1. The van der Waals surface area contributed by atoms with E-state index in [1.54, 1.807) is 10.7 Å². The second-order valence-corrected chi connectivity index (χ2v) is 5.88. The minimum absolute atomic E-state index is 0.570. The zero-order valence-corrected chi connectivity index (χ0v) is 11.9. The maximum Gasteiger partial charge on any atom is 0.157 e. The highest BCUT2D eigenvalue weighted by Crippen LogP contribution is 2.33. The van der Waals surface area contributed by atoms with Crippen LogP contribution in [0.15, 0.2) is 24.5 Å². The summed E-state index contributed by atoms with van der Waals surface area (Å²) in [7, 11) is 0. The second kappa shape index (κ2) is 5.40. The third-order valence-corrected chi connectivity index (χ3v) is 4.47. The Morgan fingerprint density at radius 3 is 2.95 bits per heavy atom. The van der Waals surface area contributed by atoms with Gasteiger partial charge in [-0.15, -0.1) is 0 Å². The van der Waals surface area contributed by atoms with Crippen molar-refractivity contribution in [1.29, 1.82) is 0 Å². The Labute approximate surface area is 119 Å². The lowest BCUT2D eigenvalue weighted by atomic mass is 9.78. The Hall–Kier alpha value is -1.62. The van der Waals surface area contributed by atoms with Gasteiger partial charge in [0.25, 0.3) is 0 Å². The molecule has 1 aliphatic rings. The van der Waals surface area contributed by atoms with Crippen molar-refractivity contribution >= 4 is 11.5 Å². The molecule has 3 rings (SSSR count). The molecule has 0 unspecified atom stereocenters. The number of hydrogen-bond acceptors (Lipinski definition) is 4. The summed E-state index contributed by atoms with van der Waals surface area (Å²) >= 11 is 0. The van der Waals surface area contributed by atoms with E-state index in [1.807, 2.05) is 18.3 Å². The maximum atomic E-state index is 10.6. The summed E-state index contributed by atoms with van der Waals surface area (Å²) in [5.74, 6) is 1.58. The summed E-state index contributed by atoms with van der Waals surface area (Å²) in [6.45, 7) is 2.80. The van der Waals surface area contributed by atoms with E-state index >= 15 is 0 Å². The molecule has 108 valence electrons. The van der Waals surface area contributed by atoms with Crippen LogP contribution in [0.5, 0.6) is 0 Å². The molecule has 2 aromatic rings. The van der Waals surface area contributed by atoms with E-state index in [0.29, 0.717) is 6.54 Å². The van der Waals surface area contributed by atoms with Gasteiger partial charge in [-0.1, -0.05) is 13.3 Å². The number of nitrogens with zero attached hydrogens (tertiary/aromatic N) is 3. The number of hydrogen-bond donors (Lipinski definition) is 2. The van der Waals surface area contributed by atoms with Gasteiger partial charge in [0.15, 0.2) is 5.65 Å². The minimum atomic E-state index is -0.584. The predicted molar refractivity (Wildman–Crippen MR) is 78.7 cm³/mol. The Morgan fingerprint density at radius 2 is 2.20 bits per heavy atom. The zero-order valence-electron chi connectivity index (χ0n) is 11.9. The first-order valence-corrected chi connectivity index (χ1v) is 7.45. The molecule has 0 amide bonds. The molecule has 0 aromatic carbocycles. The largest absolute Gasteiger partial charge is 0.388 e. The third-order valence-electron chi connectivity index (χ3n) is 4.47. The highest BCUT2D eigenvalue weighted by molar-refractivity contribution is 5.45. The van der Waals surface area contributed by atoms with Crippen molar-refractivity contribution in [2.24, 2.45) is 5.92 Å². The molecule has 2 aromatic heterocycles. The fraction of sp³-hybridized carbons (Fsp3) is 0.600. The van der Waals surface area contributed by atoms with Crippen LogP contribution in [0.3, 0.4) is 0 Å². The SMILES string of the molecule is CCC1CCC(O)(CNc2ccn3nccc3n2)CC1. The quantitative estimate of drug-likeness (QED) is 0.899. The van der Waals surface area contributed by atoms with Crippen molar-refractivity contribution in [1.82, 2.24) is 14.6 Å². The van der Waals surface area contributed by atoms with E-state index in [-0.39, 0.29) is 0 Å². The van der Waals surface area contributed by atoms with Gasteiger partial charge in [-0.05, 0) is 37.7 Å². The molecule has 0 radical (unpaired) electrons. The summed E-state index contributed by atoms with van der Waals surface area (Å²) in [6.07, 6.45) is 8.85. The molecule has 2 heterocycles. The Bertz CT molecular complexity index is 572. The molecule has 0 spiro atoms. The summed E-state index contributed by atoms with van der Waals surface area (Å²) in [5.41, 5.74) is 0.233. The lowest BCUT2D eigenvalue weighted by Crippen LogP contribution is -2.40. The molecular weight excluding hydrogens is 252 g/mol. The lowest BCUT2D eigenvalue weighted by Gasteiger charge is -2.36. The third kappa shape index (κ3) is 2.77. The zero-order chi connectivity index (χ0) is 14.0. The van der Waals surface area contributed by atoms with Crippen LogP contribution in [0.2, 0.25) is 0 Å². The average Bonchev–Trinajstić information content (AvgIpc) is 2.94. The number of aromatic nitrogens is 3. The topological polar surface area (TPSA) is 62.5 Å². The van der Waals surface area contributed by atoms with Crippen LogP contribution in [-0.2, 0) is 0 Å². The monoisotopic (exact) mass is 274 g/mol. The first-order chi connectivity index (χ1) is 9.68. The van der Waals surface area contributed by atoms with Crippen molar-refractivity contribution in [2.45, 2.75) is 44.6 Å². The maximum absolute atomic E-state index is 10.6. The van der Waals surface area contributed by atoms with Crippen molar-refractivity contribution in [2.75, 3.05) is 11.9 Å². The molecule has 2 N–H and O–H groups in total. The summed E-state index contributed by atoms with van der Waals surface area (Å²) < 4.78 is 1.73. The van der Waals surface area contributed by atoms with Crippen LogP contribution in [-0.4, -0.2) is 31.9 Å². The van der Waals surface area contributed by atoms with E-state index in [1.165, 1.54) is 6.42 Å². The Morgan fingerprint density at radius 1 is 1.40 bits per heavy atom. The highest BCUT2D eigenvalue weighted by Gasteiger charge is 2.32. The first-order valence-electron chi connectivity index (χ1n) is 7.45. The van der Waals surface area contributed by atoms with Crippen LogP contribution in [0, 0.1) is 5.92 Å². The van der Waals surface area contributed by atoms with Crippen LogP contribution in [0.25, 0.3) is 5.65 Å². The Balaban J connectivity index is 1.61. The van der Waals surface area contributed by atoms with Gasteiger partial charge in [0, 0.05) is 18.8 Å². The van der Waals surface area contributed by atoms with Gasteiger partial charge in [0.1, 0.15) is 5.82 Å². The van der Waals surface area contributed by atoms with Gasteiger partial charge in [-0.2, -0.15) is 5.10 Å². The van der Waals surface area contributed by atoms with Crippen LogP contribution < -0.4 is 5.32 Å². The van der Waals surface area contributed by atoms with Gasteiger partial charge in [-0.25, -0.2) is 9.50 Å². The number of rotatable bonds is 4. The molecule has 1 fully saturated rings. The van der Waals surface area contributed by atoms with Crippen molar-refractivity contribution in [3.8, 4) is 0 Å². The van der Waals surface area contributed by atoms with Crippen LogP contribution in [0.1, 0.15) is 39.0 Å². The molecule has 0 saturated heterocycles. The van der Waals surface area contributed by atoms with Gasteiger partial charge >= 0.3 is 0 Å². The van der Waals surface area contributed by atoms with E-state index in [2.05, 4.69) is 22.3 Å². The molecular formula is C15H22N4O. The lowest BCUT2D eigenvalue weighted by molar-refractivity contribution is 0.00223. The highest BCUT2D eigenvalue weighted by atomic mass is 16.3. The molecule has 1 aliphatic carbocycles. The number of aliphatic hydroxyl groups is 1. The molecule has 0 aliphatic heterocycles. The minimum Gasteiger partial charge on any atom is -0.388 e.